The Labute approximate surface area is 80.7 Å². The zero-order valence-corrected chi connectivity index (χ0v) is 7.31. The van der Waals surface area contributed by atoms with Gasteiger partial charge in [-0.15, -0.1) is 0 Å². The molecule has 0 aliphatic rings. The molecule has 0 unspecified atom stereocenters. The molecule has 0 fully saturated rings. The lowest BCUT2D eigenvalue weighted by molar-refractivity contribution is -0.298. The summed E-state index contributed by atoms with van der Waals surface area (Å²) in [6, 6.07) is 9.14. The lowest BCUT2D eigenvalue weighted by atomic mass is 10.2. The standard InChI is InChI=1S/C10H8N2O2/c11-12-9(10(13)14)7-6-8-4-2-1-3-5-8/h1-7,11H. The van der Waals surface area contributed by atoms with Crippen molar-refractivity contribution < 1.29 is 14.7 Å². The number of nitrogens with zero attached hydrogens (tertiary/aromatic N) is 1. The Hall–Kier alpha value is -2.19. The summed E-state index contributed by atoms with van der Waals surface area (Å²) in [6.07, 6.45) is 2.79. The van der Waals surface area contributed by atoms with Gasteiger partial charge in [0, 0.05) is 6.08 Å². The lowest BCUT2D eigenvalue weighted by Crippen LogP contribution is -2.30. The molecular formula is C10H8N2O2. The first kappa shape index (κ1) is 9.89. The Balaban J connectivity index is 2.84. The van der Waals surface area contributed by atoms with Crippen molar-refractivity contribution in [3.8, 4) is 0 Å². The number of nitrogens with one attached hydrogen (secondary N) is 1. The van der Waals surface area contributed by atoms with Gasteiger partial charge in [-0.25, -0.2) is 0 Å². The van der Waals surface area contributed by atoms with Gasteiger partial charge in [0.05, 0.1) is 10.3 Å². The van der Waals surface area contributed by atoms with Crippen LogP contribution in [-0.4, -0.2) is 16.5 Å². The normalized spacial score (nSPS) is 9.71. The molecule has 1 N–H and O–H groups in total. The molecule has 1 aromatic carbocycles. The van der Waals surface area contributed by atoms with E-state index in [1.165, 1.54) is 6.08 Å². The second-order valence-electron chi connectivity index (χ2n) is 2.53. The molecule has 0 bridgehead atoms. The van der Waals surface area contributed by atoms with E-state index in [2.05, 4.69) is 4.79 Å². The van der Waals surface area contributed by atoms with E-state index in [0.29, 0.717) is 0 Å². The molecule has 0 radical (unpaired) electrons. The SMILES string of the molecule is N=[N+]=C(C=Cc1ccccc1)C(=O)[O-]. The van der Waals surface area contributed by atoms with Crippen molar-refractivity contribution in [2.45, 2.75) is 0 Å². The number of carbonyl (C=O) groups is 1. The molecule has 1 aromatic rings. The molecule has 0 saturated heterocycles. The minimum Gasteiger partial charge on any atom is -0.538 e. The molecule has 4 heteroatoms. The first-order valence-corrected chi connectivity index (χ1v) is 3.93. The van der Waals surface area contributed by atoms with Crippen LogP contribution < -0.4 is 5.11 Å². The zero-order valence-electron chi connectivity index (χ0n) is 7.31. The number of hydrogen-bond acceptors (Lipinski definition) is 3. The fraction of sp³-hybridized carbons (Fsp3) is 0. The zero-order chi connectivity index (χ0) is 10.4. The third kappa shape index (κ3) is 2.69. The number of rotatable bonds is 3. The van der Waals surface area contributed by atoms with E-state index in [-0.39, 0.29) is 0 Å². The molecule has 0 aliphatic carbocycles. The Morgan fingerprint density at radius 3 is 2.50 bits per heavy atom. The molecule has 4 nitrogen and oxygen atoms in total. The van der Waals surface area contributed by atoms with Crippen molar-refractivity contribution in [2.75, 3.05) is 0 Å². The Morgan fingerprint density at radius 2 is 2.00 bits per heavy atom. The first-order valence-electron chi connectivity index (χ1n) is 3.93. The molecule has 0 heterocycles. The van der Waals surface area contributed by atoms with Crippen molar-refractivity contribution >= 4 is 17.8 Å². The van der Waals surface area contributed by atoms with Gasteiger partial charge in [-0.1, -0.05) is 30.3 Å². The number of aliphatic carboxylic acids is 1. The van der Waals surface area contributed by atoms with Crippen LogP contribution in [0.2, 0.25) is 0 Å². The number of hydrogen-bond donors (Lipinski definition) is 1. The van der Waals surface area contributed by atoms with Gasteiger partial charge < -0.3 is 9.90 Å². The molecule has 0 aliphatic heterocycles. The summed E-state index contributed by atoms with van der Waals surface area (Å²) in [7, 11) is 0. The fourth-order valence-corrected chi connectivity index (χ4v) is 0.890. The van der Waals surface area contributed by atoms with Crippen molar-refractivity contribution in [1.29, 1.82) is 5.53 Å². The second-order valence-corrected chi connectivity index (χ2v) is 2.53. The summed E-state index contributed by atoms with van der Waals surface area (Å²) in [5.41, 5.74) is 7.02. The predicted molar refractivity (Wildman–Crippen MR) is 48.5 cm³/mol. The van der Waals surface area contributed by atoms with E-state index in [4.69, 9.17) is 5.53 Å². The van der Waals surface area contributed by atoms with Gasteiger partial charge in [-0.05, 0) is 11.6 Å². The Bertz CT molecular complexity index is 403. The van der Waals surface area contributed by atoms with Gasteiger partial charge in [-0.2, -0.15) is 0 Å². The number of carboxylic acids is 1. The van der Waals surface area contributed by atoms with Crippen LogP contribution >= 0.6 is 0 Å². The highest BCUT2D eigenvalue weighted by atomic mass is 16.4. The van der Waals surface area contributed by atoms with E-state index in [0.717, 1.165) is 5.56 Å². The summed E-state index contributed by atoms with van der Waals surface area (Å²) >= 11 is 0. The van der Waals surface area contributed by atoms with Crippen LogP contribution in [0.3, 0.4) is 0 Å². The van der Waals surface area contributed by atoms with Crippen LogP contribution in [0.4, 0.5) is 0 Å². The predicted octanol–water partition coefficient (Wildman–Crippen LogP) is 0.130. The van der Waals surface area contributed by atoms with Crippen LogP contribution in [0.25, 0.3) is 6.08 Å². The summed E-state index contributed by atoms with van der Waals surface area (Å²) in [5.74, 6) is -1.45. The summed E-state index contributed by atoms with van der Waals surface area (Å²) in [5, 5.41) is 10.3. The monoisotopic (exact) mass is 188 g/mol. The maximum Gasteiger partial charge on any atom is 0.387 e. The highest BCUT2D eigenvalue weighted by molar-refractivity contribution is 6.37. The van der Waals surface area contributed by atoms with Crippen molar-refractivity contribution in [3.63, 3.8) is 0 Å². The summed E-state index contributed by atoms with van der Waals surface area (Å²) in [6.45, 7) is 0. The minimum atomic E-state index is -1.45. The van der Waals surface area contributed by atoms with E-state index >= 15 is 0 Å². The quantitative estimate of drug-likeness (QED) is 0.415. The molecule has 70 valence electrons. The highest BCUT2D eigenvalue weighted by Gasteiger charge is 2.06. The maximum absolute atomic E-state index is 10.3. The smallest absolute Gasteiger partial charge is 0.387 e. The van der Waals surface area contributed by atoms with Crippen molar-refractivity contribution in [3.05, 3.63) is 42.0 Å². The summed E-state index contributed by atoms with van der Waals surface area (Å²) < 4.78 is 0. The maximum atomic E-state index is 10.3. The lowest BCUT2D eigenvalue weighted by Gasteiger charge is -1.89. The largest absolute Gasteiger partial charge is 0.538 e. The van der Waals surface area contributed by atoms with Gasteiger partial charge in [0.25, 0.3) is 0 Å². The molecule has 0 aromatic heterocycles. The third-order valence-corrected chi connectivity index (χ3v) is 1.56. The second kappa shape index (κ2) is 4.74. The van der Waals surface area contributed by atoms with Gasteiger partial charge in [0.2, 0.25) is 0 Å². The van der Waals surface area contributed by atoms with Crippen LogP contribution in [-0.2, 0) is 4.79 Å². The highest BCUT2D eigenvalue weighted by Crippen LogP contribution is 2.00. The molecule has 1 rings (SSSR count). The molecule has 0 atom stereocenters. The van der Waals surface area contributed by atoms with Crippen molar-refractivity contribution in [2.24, 2.45) is 0 Å². The van der Waals surface area contributed by atoms with Crippen LogP contribution in [0.5, 0.6) is 0 Å². The Morgan fingerprint density at radius 1 is 1.36 bits per heavy atom. The number of carbonyl (C=O) groups excluding carboxylic acids is 1. The van der Waals surface area contributed by atoms with Gasteiger partial charge in [-0.3, -0.25) is 0 Å². The molecular weight excluding hydrogens is 180 g/mol. The first-order chi connectivity index (χ1) is 6.74. The topological polar surface area (TPSA) is 78.1 Å². The van der Waals surface area contributed by atoms with E-state index in [1.807, 2.05) is 30.3 Å². The fourth-order valence-electron chi connectivity index (χ4n) is 0.890. The average Bonchev–Trinajstić information content (AvgIpc) is 2.20. The molecule has 0 spiro atoms. The average molecular weight is 188 g/mol. The van der Waals surface area contributed by atoms with E-state index in [1.54, 1.807) is 6.08 Å². The van der Waals surface area contributed by atoms with Gasteiger partial charge in [0.1, 0.15) is 0 Å². The van der Waals surface area contributed by atoms with Crippen LogP contribution in [0, 0.1) is 5.53 Å². The third-order valence-electron chi connectivity index (χ3n) is 1.56. The van der Waals surface area contributed by atoms with Gasteiger partial charge >= 0.3 is 5.71 Å². The number of carboxylic acid groups (broad SMARTS) is 1. The molecule has 0 amide bonds. The van der Waals surface area contributed by atoms with Crippen LogP contribution in [0.1, 0.15) is 5.56 Å². The number of benzene rings is 1. The molecule has 0 saturated carbocycles. The Kier molecular flexibility index (Phi) is 3.35. The minimum absolute atomic E-state index is 0.395. The summed E-state index contributed by atoms with van der Waals surface area (Å²) in [4.78, 5) is 13.2. The van der Waals surface area contributed by atoms with E-state index < -0.39 is 11.7 Å². The van der Waals surface area contributed by atoms with Gasteiger partial charge in [0.15, 0.2) is 5.97 Å². The molecule has 14 heavy (non-hydrogen) atoms. The van der Waals surface area contributed by atoms with Crippen LogP contribution in [0.15, 0.2) is 36.4 Å². The van der Waals surface area contributed by atoms with Crippen molar-refractivity contribution in [1.82, 2.24) is 0 Å². The van der Waals surface area contributed by atoms with E-state index in [9.17, 15) is 9.90 Å².